The molecule has 2 rings (SSSR count). The summed E-state index contributed by atoms with van der Waals surface area (Å²) in [4.78, 5) is 25.6. The van der Waals surface area contributed by atoms with Crippen molar-refractivity contribution in [3.8, 4) is 0 Å². The van der Waals surface area contributed by atoms with Gasteiger partial charge in [0.05, 0.1) is 5.25 Å². The highest BCUT2D eigenvalue weighted by atomic mass is 32.2. The van der Waals surface area contributed by atoms with Crippen molar-refractivity contribution in [3.05, 3.63) is 29.3 Å². The molecular formula is C16H20N2O2S2. The first kappa shape index (κ1) is 17.0. The van der Waals surface area contributed by atoms with Gasteiger partial charge in [-0.15, -0.1) is 0 Å². The van der Waals surface area contributed by atoms with Crippen molar-refractivity contribution in [2.75, 3.05) is 11.9 Å². The molecule has 1 aliphatic heterocycles. The second-order valence-corrected chi connectivity index (χ2v) is 7.25. The van der Waals surface area contributed by atoms with Crippen LogP contribution in [0.25, 0.3) is 0 Å². The van der Waals surface area contributed by atoms with Gasteiger partial charge in [0, 0.05) is 18.7 Å². The van der Waals surface area contributed by atoms with Gasteiger partial charge in [-0.3, -0.25) is 14.5 Å². The molecule has 6 heteroatoms. The van der Waals surface area contributed by atoms with E-state index >= 15 is 0 Å². The molecule has 0 saturated carbocycles. The lowest BCUT2D eigenvalue weighted by atomic mass is 10.1. The van der Waals surface area contributed by atoms with Crippen LogP contribution in [0.15, 0.2) is 18.2 Å². The number of thioether (sulfide) groups is 1. The van der Waals surface area contributed by atoms with Crippen molar-refractivity contribution < 1.29 is 9.59 Å². The fourth-order valence-electron chi connectivity index (χ4n) is 2.39. The van der Waals surface area contributed by atoms with Crippen LogP contribution in [0.2, 0.25) is 0 Å². The minimum Gasteiger partial charge on any atom is -0.326 e. The van der Waals surface area contributed by atoms with E-state index in [2.05, 4.69) is 12.2 Å². The topological polar surface area (TPSA) is 49.4 Å². The van der Waals surface area contributed by atoms with Gasteiger partial charge in [0.2, 0.25) is 11.8 Å². The standard InChI is InChI=1S/C16H20N2O2S2/c1-4-12-7-5-6-10(2)14(12)17-13(19)8-9-18-15(20)11(3)22-16(18)21/h5-7,11H,4,8-9H2,1-3H3,(H,17,19). The summed E-state index contributed by atoms with van der Waals surface area (Å²) in [6.07, 6.45) is 1.11. The second-order valence-electron chi connectivity index (χ2n) is 5.28. The first-order valence-corrected chi connectivity index (χ1v) is 8.63. The Kier molecular flexibility index (Phi) is 5.58. The Hall–Kier alpha value is -1.40. The summed E-state index contributed by atoms with van der Waals surface area (Å²) in [6, 6.07) is 5.98. The molecular weight excluding hydrogens is 316 g/mol. The third-order valence-corrected chi connectivity index (χ3v) is 5.16. The highest BCUT2D eigenvalue weighted by molar-refractivity contribution is 8.24. The van der Waals surface area contributed by atoms with E-state index in [1.807, 2.05) is 32.0 Å². The van der Waals surface area contributed by atoms with Crippen LogP contribution in [-0.2, 0) is 16.0 Å². The van der Waals surface area contributed by atoms with Crippen molar-refractivity contribution in [1.29, 1.82) is 0 Å². The van der Waals surface area contributed by atoms with Crippen molar-refractivity contribution >= 4 is 45.8 Å². The summed E-state index contributed by atoms with van der Waals surface area (Å²) in [6.45, 7) is 6.21. The molecule has 1 fully saturated rings. The van der Waals surface area contributed by atoms with Gasteiger partial charge < -0.3 is 5.32 Å². The summed E-state index contributed by atoms with van der Waals surface area (Å²) in [7, 11) is 0. The molecule has 1 aromatic carbocycles. The lowest BCUT2D eigenvalue weighted by Crippen LogP contribution is -2.33. The summed E-state index contributed by atoms with van der Waals surface area (Å²) >= 11 is 6.55. The molecule has 118 valence electrons. The quantitative estimate of drug-likeness (QED) is 0.839. The van der Waals surface area contributed by atoms with E-state index in [4.69, 9.17) is 12.2 Å². The number of nitrogens with one attached hydrogen (secondary N) is 1. The van der Waals surface area contributed by atoms with Crippen molar-refractivity contribution in [2.24, 2.45) is 0 Å². The predicted molar refractivity (Wildman–Crippen MR) is 95.2 cm³/mol. The SMILES string of the molecule is CCc1cccc(C)c1NC(=O)CCN1C(=O)C(C)SC1=S. The fourth-order valence-corrected chi connectivity index (χ4v) is 3.85. The molecule has 0 spiro atoms. The van der Waals surface area contributed by atoms with Crippen molar-refractivity contribution in [2.45, 2.75) is 38.9 Å². The molecule has 1 atom stereocenters. The number of aryl methyl sites for hydroxylation is 2. The maximum absolute atomic E-state index is 12.2. The number of rotatable bonds is 5. The van der Waals surface area contributed by atoms with Crippen LogP contribution < -0.4 is 5.32 Å². The summed E-state index contributed by atoms with van der Waals surface area (Å²) in [5.41, 5.74) is 3.04. The van der Waals surface area contributed by atoms with E-state index in [0.717, 1.165) is 23.2 Å². The number of benzene rings is 1. The maximum atomic E-state index is 12.2. The molecule has 4 nitrogen and oxygen atoms in total. The third-order valence-electron chi connectivity index (χ3n) is 3.68. The smallest absolute Gasteiger partial charge is 0.241 e. The second kappa shape index (κ2) is 7.24. The number of para-hydroxylation sites is 1. The van der Waals surface area contributed by atoms with Gasteiger partial charge in [0.15, 0.2) is 0 Å². The Bertz CT molecular complexity index is 616. The van der Waals surface area contributed by atoms with Crippen LogP contribution in [0, 0.1) is 6.92 Å². The number of thiocarbonyl (C=S) groups is 1. The van der Waals surface area contributed by atoms with Gasteiger partial charge in [-0.05, 0) is 31.4 Å². The highest BCUT2D eigenvalue weighted by Crippen LogP contribution is 2.27. The van der Waals surface area contributed by atoms with Crippen LogP contribution in [0.3, 0.4) is 0 Å². The van der Waals surface area contributed by atoms with Gasteiger partial charge >= 0.3 is 0 Å². The molecule has 1 unspecified atom stereocenters. The number of carbonyl (C=O) groups is 2. The molecule has 1 aliphatic rings. The van der Waals surface area contributed by atoms with Crippen LogP contribution in [-0.4, -0.2) is 32.8 Å². The largest absolute Gasteiger partial charge is 0.326 e. The maximum Gasteiger partial charge on any atom is 0.241 e. The molecule has 1 saturated heterocycles. The molecule has 2 amide bonds. The van der Waals surface area contributed by atoms with E-state index in [1.165, 1.54) is 16.7 Å². The zero-order chi connectivity index (χ0) is 16.3. The van der Waals surface area contributed by atoms with Gasteiger partial charge in [-0.1, -0.05) is 49.1 Å². The highest BCUT2D eigenvalue weighted by Gasteiger charge is 2.33. The first-order valence-electron chi connectivity index (χ1n) is 7.34. The van der Waals surface area contributed by atoms with Gasteiger partial charge in [0.1, 0.15) is 4.32 Å². The Morgan fingerprint density at radius 1 is 1.45 bits per heavy atom. The monoisotopic (exact) mass is 336 g/mol. The average Bonchev–Trinajstić information content (AvgIpc) is 2.72. The van der Waals surface area contributed by atoms with Crippen molar-refractivity contribution in [3.63, 3.8) is 0 Å². The number of hydrogen-bond donors (Lipinski definition) is 1. The molecule has 0 aromatic heterocycles. The molecule has 1 aromatic rings. The molecule has 0 aliphatic carbocycles. The Labute approximate surface area is 140 Å². The normalized spacial score (nSPS) is 18.0. The molecule has 0 radical (unpaired) electrons. The number of anilines is 1. The van der Waals surface area contributed by atoms with E-state index in [1.54, 1.807) is 0 Å². The lowest BCUT2D eigenvalue weighted by Gasteiger charge is -2.16. The predicted octanol–water partition coefficient (Wildman–Crippen LogP) is 3.13. The van der Waals surface area contributed by atoms with Crippen LogP contribution in [0.5, 0.6) is 0 Å². The number of carbonyl (C=O) groups excluding carboxylic acids is 2. The van der Waals surface area contributed by atoms with E-state index in [-0.39, 0.29) is 23.5 Å². The van der Waals surface area contributed by atoms with E-state index < -0.39 is 0 Å². The Morgan fingerprint density at radius 2 is 2.18 bits per heavy atom. The Balaban J connectivity index is 1.97. The van der Waals surface area contributed by atoms with E-state index in [9.17, 15) is 9.59 Å². The molecule has 1 N–H and O–H groups in total. The summed E-state index contributed by atoms with van der Waals surface area (Å²) in [5, 5.41) is 2.83. The lowest BCUT2D eigenvalue weighted by molar-refractivity contribution is -0.126. The van der Waals surface area contributed by atoms with Crippen LogP contribution in [0.4, 0.5) is 5.69 Å². The summed E-state index contributed by atoms with van der Waals surface area (Å²) in [5.74, 6) is -0.0999. The number of nitrogens with zero attached hydrogens (tertiary/aromatic N) is 1. The average molecular weight is 336 g/mol. The fraction of sp³-hybridized carbons (Fsp3) is 0.438. The van der Waals surface area contributed by atoms with Gasteiger partial charge in [-0.2, -0.15) is 0 Å². The molecule has 22 heavy (non-hydrogen) atoms. The Morgan fingerprint density at radius 3 is 2.77 bits per heavy atom. The minimum absolute atomic E-state index is 0.00654. The molecule has 0 bridgehead atoms. The number of amides is 2. The summed E-state index contributed by atoms with van der Waals surface area (Å²) < 4.78 is 0.565. The van der Waals surface area contributed by atoms with E-state index in [0.29, 0.717) is 10.9 Å². The van der Waals surface area contributed by atoms with Gasteiger partial charge in [-0.25, -0.2) is 0 Å². The van der Waals surface area contributed by atoms with Gasteiger partial charge in [0.25, 0.3) is 0 Å². The van der Waals surface area contributed by atoms with Crippen LogP contribution in [0.1, 0.15) is 31.4 Å². The minimum atomic E-state index is -0.140. The zero-order valence-electron chi connectivity index (χ0n) is 13.0. The molecule has 1 heterocycles. The van der Waals surface area contributed by atoms with Crippen LogP contribution >= 0.6 is 24.0 Å². The number of hydrogen-bond acceptors (Lipinski definition) is 4. The first-order chi connectivity index (χ1) is 10.4. The third kappa shape index (κ3) is 3.67. The zero-order valence-corrected chi connectivity index (χ0v) is 14.6. The van der Waals surface area contributed by atoms with Crippen molar-refractivity contribution in [1.82, 2.24) is 4.90 Å².